The quantitative estimate of drug-likeness (QED) is 0.941. The van der Waals surface area contributed by atoms with Crippen LogP contribution in [0.4, 0.5) is 0 Å². The lowest BCUT2D eigenvalue weighted by Crippen LogP contribution is -2.45. The van der Waals surface area contributed by atoms with Crippen LogP contribution in [0.2, 0.25) is 0 Å². The SMILES string of the molecule is COc1ccccc1C1(O)CCCN(Cc2ccccc2)C1. The number of aliphatic hydroxyl groups is 1. The van der Waals surface area contributed by atoms with Crippen molar-refractivity contribution in [2.24, 2.45) is 0 Å². The highest BCUT2D eigenvalue weighted by Gasteiger charge is 2.36. The molecule has 2 aromatic carbocycles. The summed E-state index contributed by atoms with van der Waals surface area (Å²) >= 11 is 0. The number of hydrogen-bond donors (Lipinski definition) is 1. The van der Waals surface area contributed by atoms with Crippen LogP contribution in [-0.4, -0.2) is 30.2 Å². The van der Waals surface area contributed by atoms with E-state index in [-0.39, 0.29) is 0 Å². The van der Waals surface area contributed by atoms with Gasteiger partial charge in [0.15, 0.2) is 0 Å². The van der Waals surface area contributed by atoms with Gasteiger partial charge in [-0.2, -0.15) is 0 Å². The molecular weight excluding hydrogens is 274 g/mol. The van der Waals surface area contributed by atoms with E-state index in [1.54, 1.807) is 7.11 Å². The molecule has 1 unspecified atom stereocenters. The monoisotopic (exact) mass is 297 g/mol. The van der Waals surface area contributed by atoms with Gasteiger partial charge in [0, 0.05) is 18.7 Å². The lowest BCUT2D eigenvalue weighted by molar-refractivity contribution is -0.0395. The highest BCUT2D eigenvalue weighted by molar-refractivity contribution is 5.38. The summed E-state index contributed by atoms with van der Waals surface area (Å²) in [5.74, 6) is 0.770. The zero-order chi connectivity index (χ0) is 15.4. The minimum Gasteiger partial charge on any atom is -0.496 e. The zero-order valence-electron chi connectivity index (χ0n) is 13.0. The molecule has 1 atom stereocenters. The Morgan fingerprint density at radius 2 is 1.82 bits per heavy atom. The van der Waals surface area contributed by atoms with E-state index in [0.29, 0.717) is 6.54 Å². The lowest BCUT2D eigenvalue weighted by Gasteiger charge is -2.40. The van der Waals surface area contributed by atoms with Crippen molar-refractivity contribution in [3.05, 3.63) is 65.7 Å². The van der Waals surface area contributed by atoms with Gasteiger partial charge in [0.1, 0.15) is 11.4 Å². The van der Waals surface area contributed by atoms with Gasteiger partial charge in [-0.15, -0.1) is 0 Å². The van der Waals surface area contributed by atoms with Crippen molar-refractivity contribution < 1.29 is 9.84 Å². The van der Waals surface area contributed by atoms with Gasteiger partial charge in [0.25, 0.3) is 0 Å². The molecule has 1 aliphatic rings. The average Bonchev–Trinajstić information content (AvgIpc) is 2.56. The summed E-state index contributed by atoms with van der Waals surface area (Å²) in [5.41, 5.74) is 1.35. The molecule has 0 bridgehead atoms. The van der Waals surface area contributed by atoms with Crippen molar-refractivity contribution in [1.82, 2.24) is 4.90 Å². The smallest absolute Gasteiger partial charge is 0.124 e. The molecule has 0 radical (unpaired) electrons. The first-order chi connectivity index (χ1) is 10.7. The van der Waals surface area contributed by atoms with E-state index in [0.717, 1.165) is 37.2 Å². The third-order valence-electron chi connectivity index (χ3n) is 4.41. The molecular formula is C19H23NO2. The summed E-state index contributed by atoms with van der Waals surface area (Å²) < 4.78 is 5.44. The first kappa shape index (κ1) is 15.1. The first-order valence-corrected chi connectivity index (χ1v) is 7.83. The molecule has 3 nitrogen and oxygen atoms in total. The summed E-state index contributed by atoms with van der Waals surface area (Å²) in [4.78, 5) is 2.32. The van der Waals surface area contributed by atoms with Gasteiger partial charge in [-0.3, -0.25) is 4.90 Å². The van der Waals surface area contributed by atoms with Crippen LogP contribution in [0.1, 0.15) is 24.0 Å². The molecule has 116 valence electrons. The van der Waals surface area contributed by atoms with Gasteiger partial charge < -0.3 is 9.84 Å². The number of β-amino-alcohol motifs (C(OH)–C–C–N with tert-alkyl or cyclic N) is 1. The molecule has 0 spiro atoms. The summed E-state index contributed by atoms with van der Waals surface area (Å²) in [5, 5.41) is 11.2. The standard InChI is InChI=1S/C19H23NO2/c1-22-18-11-6-5-10-17(18)19(21)12-7-13-20(15-19)14-16-8-3-2-4-9-16/h2-6,8-11,21H,7,12-15H2,1H3. The molecule has 0 amide bonds. The highest BCUT2D eigenvalue weighted by atomic mass is 16.5. The average molecular weight is 297 g/mol. The minimum absolute atomic E-state index is 0.641. The largest absolute Gasteiger partial charge is 0.496 e. The predicted molar refractivity (Wildman–Crippen MR) is 87.8 cm³/mol. The summed E-state index contributed by atoms with van der Waals surface area (Å²) in [6.45, 7) is 2.53. The van der Waals surface area contributed by atoms with Crippen LogP contribution in [0.15, 0.2) is 54.6 Å². The summed E-state index contributed by atoms with van der Waals surface area (Å²) in [6.07, 6.45) is 1.76. The van der Waals surface area contributed by atoms with Gasteiger partial charge >= 0.3 is 0 Å². The van der Waals surface area contributed by atoms with Gasteiger partial charge in [0.05, 0.1) is 7.11 Å². The number of likely N-dealkylation sites (tertiary alicyclic amines) is 1. The Morgan fingerprint density at radius 1 is 1.09 bits per heavy atom. The van der Waals surface area contributed by atoms with Gasteiger partial charge in [-0.25, -0.2) is 0 Å². The second-order valence-corrected chi connectivity index (χ2v) is 6.03. The third kappa shape index (κ3) is 3.16. The maximum atomic E-state index is 11.2. The van der Waals surface area contributed by atoms with Crippen LogP contribution in [0.3, 0.4) is 0 Å². The number of methoxy groups -OCH3 is 1. The van der Waals surface area contributed by atoms with Crippen LogP contribution in [0.25, 0.3) is 0 Å². The predicted octanol–water partition coefficient (Wildman–Crippen LogP) is 3.18. The van der Waals surface area contributed by atoms with E-state index in [4.69, 9.17) is 4.74 Å². The minimum atomic E-state index is -0.834. The topological polar surface area (TPSA) is 32.7 Å². The van der Waals surface area contributed by atoms with Crippen molar-refractivity contribution in [3.63, 3.8) is 0 Å². The Morgan fingerprint density at radius 3 is 2.59 bits per heavy atom. The first-order valence-electron chi connectivity index (χ1n) is 7.83. The number of rotatable bonds is 4. The number of piperidine rings is 1. The Bertz CT molecular complexity index is 614. The van der Waals surface area contributed by atoms with Crippen molar-refractivity contribution >= 4 is 0 Å². The molecule has 22 heavy (non-hydrogen) atoms. The van der Waals surface area contributed by atoms with Crippen LogP contribution in [0.5, 0.6) is 5.75 Å². The van der Waals surface area contributed by atoms with Crippen LogP contribution < -0.4 is 4.74 Å². The molecule has 0 aliphatic carbocycles. The fraction of sp³-hybridized carbons (Fsp3) is 0.368. The third-order valence-corrected chi connectivity index (χ3v) is 4.41. The number of hydrogen-bond acceptors (Lipinski definition) is 3. The Balaban J connectivity index is 1.79. The van der Waals surface area contributed by atoms with E-state index in [1.165, 1.54) is 5.56 Å². The Labute approximate surface area is 132 Å². The van der Waals surface area contributed by atoms with Crippen molar-refractivity contribution in [1.29, 1.82) is 0 Å². The van der Waals surface area contributed by atoms with Gasteiger partial charge in [0.2, 0.25) is 0 Å². The van der Waals surface area contributed by atoms with E-state index >= 15 is 0 Å². The molecule has 3 rings (SSSR count). The van der Waals surface area contributed by atoms with E-state index in [1.807, 2.05) is 30.3 Å². The highest BCUT2D eigenvalue weighted by Crippen LogP contribution is 2.37. The van der Waals surface area contributed by atoms with Crippen LogP contribution in [-0.2, 0) is 12.1 Å². The number of para-hydroxylation sites is 1. The van der Waals surface area contributed by atoms with E-state index in [9.17, 15) is 5.11 Å². The number of benzene rings is 2. The molecule has 0 aromatic heterocycles. The fourth-order valence-electron chi connectivity index (χ4n) is 3.35. The van der Waals surface area contributed by atoms with Crippen LogP contribution >= 0.6 is 0 Å². The van der Waals surface area contributed by atoms with Crippen LogP contribution in [0, 0.1) is 0 Å². The number of ether oxygens (including phenoxy) is 1. The normalized spacial score (nSPS) is 22.5. The Hall–Kier alpha value is -1.84. The second kappa shape index (κ2) is 6.51. The number of nitrogens with zero attached hydrogens (tertiary/aromatic N) is 1. The molecule has 1 heterocycles. The van der Waals surface area contributed by atoms with E-state index in [2.05, 4.69) is 29.2 Å². The lowest BCUT2D eigenvalue weighted by atomic mass is 9.85. The molecule has 3 heteroatoms. The van der Waals surface area contributed by atoms with Crippen molar-refractivity contribution in [2.75, 3.05) is 20.2 Å². The maximum absolute atomic E-state index is 11.2. The molecule has 1 saturated heterocycles. The molecule has 0 saturated carbocycles. The van der Waals surface area contributed by atoms with Crippen molar-refractivity contribution in [2.45, 2.75) is 25.0 Å². The second-order valence-electron chi connectivity index (χ2n) is 6.03. The van der Waals surface area contributed by atoms with Crippen molar-refractivity contribution in [3.8, 4) is 5.75 Å². The fourth-order valence-corrected chi connectivity index (χ4v) is 3.35. The zero-order valence-corrected chi connectivity index (χ0v) is 13.0. The van der Waals surface area contributed by atoms with Gasteiger partial charge in [-0.1, -0.05) is 48.5 Å². The maximum Gasteiger partial charge on any atom is 0.124 e. The molecule has 1 N–H and O–H groups in total. The van der Waals surface area contributed by atoms with Gasteiger partial charge in [-0.05, 0) is 31.0 Å². The molecule has 2 aromatic rings. The summed E-state index contributed by atoms with van der Waals surface area (Å²) in [7, 11) is 1.66. The van der Waals surface area contributed by atoms with E-state index < -0.39 is 5.60 Å². The molecule has 1 fully saturated rings. The summed E-state index contributed by atoms with van der Waals surface area (Å²) in [6, 6.07) is 18.2. The Kier molecular flexibility index (Phi) is 4.46. The molecule has 1 aliphatic heterocycles.